The number of methoxy groups -OCH3 is 1. The highest BCUT2D eigenvalue weighted by molar-refractivity contribution is 6.06. The third-order valence-electron chi connectivity index (χ3n) is 4.78. The molecule has 2 aromatic heterocycles. The van der Waals surface area contributed by atoms with Crippen molar-refractivity contribution in [1.29, 1.82) is 0 Å². The molecule has 0 aliphatic heterocycles. The van der Waals surface area contributed by atoms with Crippen molar-refractivity contribution >= 4 is 33.5 Å². The number of aromatic amines is 1. The SMILES string of the molecule is COc1nn(-c2ccccc2)c2cc(NC(=O)c3ccc4[nH]cnc4c3)ccc12. The van der Waals surface area contributed by atoms with Gasteiger partial charge in [0.2, 0.25) is 5.88 Å². The van der Waals surface area contributed by atoms with E-state index in [4.69, 9.17) is 4.74 Å². The monoisotopic (exact) mass is 383 g/mol. The van der Waals surface area contributed by atoms with E-state index in [1.165, 1.54) is 0 Å². The smallest absolute Gasteiger partial charge is 0.255 e. The minimum absolute atomic E-state index is 0.202. The fraction of sp³-hybridized carbons (Fsp3) is 0.0455. The van der Waals surface area contributed by atoms with Crippen molar-refractivity contribution in [3.05, 3.63) is 78.6 Å². The van der Waals surface area contributed by atoms with Gasteiger partial charge in [-0.3, -0.25) is 4.79 Å². The summed E-state index contributed by atoms with van der Waals surface area (Å²) in [6.45, 7) is 0. The standard InChI is InChI=1S/C22H17N5O2/c1-29-22-17-9-8-15(12-20(17)27(26-22)16-5-3-2-4-6-16)25-21(28)14-7-10-18-19(11-14)24-13-23-18/h2-13H,1H3,(H,23,24)(H,25,28). The molecule has 0 atom stereocenters. The number of benzene rings is 3. The molecule has 0 bridgehead atoms. The van der Waals surface area contributed by atoms with Gasteiger partial charge in [0.1, 0.15) is 0 Å². The molecule has 0 spiro atoms. The molecule has 3 aromatic carbocycles. The number of carbonyl (C=O) groups is 1. The Morgan fingerprint density at radius 2 is 1.93 bits per heavy atom. The Bertz CT molecular complexity index is 1340. The first-order chi connectivity index (χ1) is 14.2. The molecule has 0 radical (unpaired) electrons. The number of hydrogen-bond acceptors (Lipinski definition) is 4. The summed E-state index contributed by atoms with van der Waals surface area (Å²) in [5, 5.41) is 8.38. The molecule has 0 saturated heterocycles. The number of aromatic nitrogens is 4. The first-order valence-electron chi connectivity index (χ1n) is 9.09. The van der Waals surface area contributed by atoms with E-state index in [2.05, 4.69) is 20.4 Å². The number of imidazole rings is 1. The summed E-state index contributed by atoms with van der Waals surface area (Å²) in [5.41, 5.74) is 4.60. The van der Waals surface area contributed by atoms with E-state index in [1.54, 1.807) is 30.3 Å². The van der Waals surface area contributed by atoms with Crippen molar-refractivity contribution < 1.29 is 9.53 Å². The normalized spacial score (nSPS) is 11.1. The Labute approximate surface area is 165 Å². The van der Waals surface area contributed by atoms with Gasteiger partial charge in [-0.05, 0) is 48.5 Å². The summed E-state index contributed by atoms with van der Waals surface area (Å²) >= 11 is 0. The fourth-order valence-corrected chi connectivity index (χ4v) is 3.36. The first kappa shape index (κ1) is 17.0. The van der Waals surface area contributed by atoms with Crippen molar-refractivity contribution in [3.8, 4) is 11.6 Å². The van der Waals surface area contributed by atoms with Crippen LogP contribution in [-0.4, -0.2) is 32.8 Å². The molecule has 7 heteroatoms. The summed E-state index contributed by atoms with van der Waals surface area (Å²) in [4.78, 5) is 20.0. The van der Waals surface area contributed by atoms with E-state index in [0.29, 0.717) is 17.1 Å². The molecular formula is C22H17N5O2. The van der Waals surface area contributed by atoms with Crippen molar-refractivity contribution in [2.75, 3.05) is 12.4 Å². The van der Waals surface area contributed by atoms with Gasteiger partial charge >= 0.3 is 0 Å². The van der Waals surface area contributed by atoms with E-state index in [0.717, 1.165) is 27.6 Å². The van der Waals surface area contributed by atoms with Crippen LogP contribution >= 0.6 is 0 Å². The lowest BCUT2D eigenvalue weighted by atomic mass is 10.1. The average Bonchev–Trinajstić information content (AvgIpc) is 3.38. The van der Waals surface area contributed by atoms with Crippen LogP contribution in [0.2, 0.25) is 0 Å². The third-order valence-corrected chi connectivity index (χ3v) is 4.78. The van der Waals surface area contributed by atoms with Crippen LogP contribution in [0.25, 0.3) is 27.6 Å². The molecule has 2 heterocycles. The fourth-order valence-electron chi connectivity index (χ4n) is 3.36. The van der Waals surface area contributed by atoms with E-state index < -0.39 is 0 Å². The molecule has 29 heavy (non-hydrogen) atoms. The lowest BCUT2D eigenvalue weighted by Gasteiger charge is -2.07. The van der Waals surface area contributed by atoms with Crippen LogP contribution in [-0.2, 0) is 0 Å². The average molecular weight is 383 g/mol. The second-order valence-electron chi connectivity index (χ2n) is 6.58. The number of ether oxygens (including phenoxy) is 1. The van der Waals surface area contributed by atoms with Crippen molar-refractivity contribution in [1.82, 2.24) is 19.7 Å². The van der Waals surface area contributed by atoms with E-state index >= 15 is 0 Å². The Balaban J connectivity index is 1.52. The Morgan fingerprint density at radius 3 is 2.76 bits per heavy atom. The van der Waals surface area contributed by atoms with Crippen LogP contribution in [0, 0.1) is 0 Å². The maximum absolute atomic E-state index is 12.7. The van der Waals surface area contributed by atoms with E-state index in [9.17, 15) is 4.79 Å². The molecule has 0 aliphatic carbocycles. The maximum atomic E-state index is 12.7. The van der Waals surface area contributed by atoms with Crippen LogP contribution in [0.3, 0.4) is 0 Å². The second kappa shape index (κ2) is 6.79. The summed E-state index contributed by atoms with van der Waals surface area (Å²) in [6.07, 6.45) is 1.61. The lowest BCUT2D eigenvalue weighted by molar-refractivity contribution is 0.102. The number of amides is 1. The van der Waals surface area contributed by atoms with Gasteiger partial charge in [-0.2, -0.15) is 0 Å². The number of carbonyl (C=O) groups excluding carboxylic acids is 1. The summed E-state index contributed by atoms with van der Waals surface area (Å²) in [6, 6.07) is 20.8. The molecule has 0 aliphatic rings. The molecule has 1 amide bonds. The van der Waals surface area contributed by atoms with E-state index in [1.807, 2.05) is 54.6 Å². The van der Waals surface area contributed by atoms with Crippen LogP contribution in [0.15, 0.2) is 73.1 Å². The zero-order valence-corrected chi connectivity index (χ0v) is 15.6. The van der Waals surface area contributed by atoms with E-state index in [-0.39, 0.29) is 5.91 Å². The lowest BCUT2D eigenvalue weighted by Crippen LogP contribution is -2.11. The van der Waals surface area contributed by atoms with Crippen LogP contribution in [0.1, 0.15) is 10.4 Å². The topological polar surface area (TPSA) is 84.8 Å². The van der Waals surface area contributed by atoms with Gasteiger partial charge in [0.25, 0.3) is 5.91 Å². The van der Waals surface area contributed by atoms with Crippen molar-refractivity contribution in [2.45, 2.75) is 0 Å². The predicted octanol–water partition coefficient (Wildman–Crippen LogP) is 4.16. The van der Waals surface area contributed by atoms with Gasteiger partial charge in [-0.1, -0.05) is 18.2 Å². The number of hydrogen-bond donors (Lipinski definition) is 2. The zero-order chi connectivity index (χ0) is 19.8. The number of rotatable bonds is 4. The highest BCUT2D eigenvalue weighted by Crippen LogP contribution is 2.29. The van der Waals surface area contributed by atoms with Crippen molar-refractivity contribution in [2.24, 2.45) is 0 Å². The van der Waals surface area contributed by atoms with Gasteiger partial charge < -0.3 is 15.0 Å². The Hall–Kier alpha value is -4.13. The van der Waals surface area contributed by atoms with Crippen LogP contribution in [0.5, 0.6) is 5.88 Å². The third kappa shape index (κ3) is 2.98. The minimum atomic E-state index is -0.202. The van der Waals surface area contributed by atoms with Gasteiger partial charge in [-0.15, -0.1) is 5.10 Å². The number of nitrogens with one attached hydrogen (secondary N) is 2. The number of H-pyrrole nitrogens is 1. The Kier molecular flexibility index (Phi) is 3.98. The molecule has 2 N–H and O–H groups in total. The summed E-state index contributed by atoms with van der Waals surface area (Å²) < 4.78 is 7.23. The summed E-state index contributed by atoms with van der Waals surface area (Å²) in [7, 11) is 1.60. The molecule has 5 rings (SSSR count). The molecular weight excluding hydrogens is 366 g/mol. The first-order valence-corrected chi connectivity index (χ1v) is 9.09. The molecule has 0 fully saturated rings. The van der Waals surface area contributed by atoms with Gasteiger partial charge in [0.15, 0.2) is 0 Å². The molecule has 142 valence electrons. The number of fused-ring (bicyclic) bond motifs is 2. The van der Waals surface area contributed by atoms with Gasteiger partial charge in [0, 0.05) is 11.3 Å². The number of para-hydroxylation sites is 1. The molecule has 5 aromatic rings. The number of nitrogens with zero attached hydrogens (tertiary/aromatic N) is 3. The largest absolute Gasteiger partial charge is 0.479 e. The van der Waals surface area contributed by atoms with Crippen LogP contribution in [0.4, 0.5) is 5.69 Å². The molecule has 0 saturated carbocycles. The maximum Gasteiger partial charge on any atom is 0.255 e. The number of anilines is 1. The van der Waals surface area contributed by atoms with Gasteiger partial charge in [0.05, 0.1) is 41.1 Å². The predicted molar refractivity (Wildman–Crippen MR) is 112 cm³/mol. The molecule has 7 nitrogen and oxygen atoms in total. The quantitative estimate of drug-likeness (QED) is 0.488. The Morgan fingerprint density at radius 1 is 1.07 bits per heavy atom. The highest BCUT2D eigenvalue weighted by atomic mass is 16.5. The second-order valence-corrected chi connectivity index (χ2v) is 6.58. The molecule has 0 unspecified atom stereocenters. The highest BCUT2D eigenvalue weighted by Gasteiger charge is 2.14. The van der Waals surface area contributed by atoms with Gasteiger partial charge in [-0.25, -0.2) is 9.67 Å². The summed E-state index contributed by atoms with van der Waals surface area (Å²) in [5.74, 6) is 0.331. The zero-order valence-electron chi connectivity index (χ0n) is 15.6. The minimum Gasteiger partial charge on any atom is -0.479 e. The van der Waals surface area contributed by atoms with Crippen LogP contribution < -0.4 is 10.1 Å². The van der Waals surface area contributed by atoms with Crippen molar-refractivity contribution in [3.63, 3.8) is 0 Å².